The number of likely N-dealkylation sites (N-methyl/N-ethyl adjacent to an activating group) is 1. The summed E-state index contributed by atoms with van der Waals surface area (Å²) in [6, 6.07) is 6.87. The summed E-state index contributed by atoms with van der Waals surface area (Å²) in [5.74, 6) is 2.76. The highest BCUT2D eigenvalue weighted by Crippen LogP contribution is 2.32. The third-order valence-corrected chi connectivity index (χ3v) is 5.75. The van der Waals surface area contributed by atoms with Crippen molar-refractivity contribution in [2.24, 2.45) is 5.92 Å². The number of halogens is 1. The highest BCUT2D eigenvalue weighted by atomic mass is 32.2. The van der Waals surface area contributed by atoms with Crippen molar-refractivity contribution in [2.75, 3.05) is 18.6 Å². The van der Waals surface area contributed by atoms with Crippen molar-refractivity contribution in [1.29, 1.82) is 0 Å². The largest absolute Gasteiger partial charge is 0.337 e. The first-order valence-corrected chi connectivity index (χ1v) is 9.39. The van der Waals surface area contributed by atoms with Crippen LogP contribution < -0.4 is 5.32 Å². The van der Waals surface area contributed by atoms with E-state index in [2.05, 4.69) is 26.1 Å². The molecule has 23 heavy (non-hydrogen) atoms. The second kappa shape index (κ2) is 8.15. The summed E-state index contributed by atoms with van der Waals surface area (Å²) in [7, 11) is 1.83. The number of hydrogen-bond donors (Lipinski definition) is 1. The van der Waals surface area contributed by atoms with Crippen LogP contribution in [0.4, 0.5) is 4.39 Å². The summed E-state index contributed by atoms with van der Waals surface area (Å²) in [4.78, 5) is 13.9. The quantitative estimate of drug-likeness (QED) is 0.826. The Balaban J connectivity index is 2.01. The van der Waals surface area contributed by atoms with E-state index in [-0.39, 0.29) is 23.8 Å². The van der Waals surface area contributed by atoms with Crippen molar-refractivity contribution in [2.45, 2.75) is 45.3 Å². The van der Waals surface area contributed by atoms with Gasteiger partial charge in [0, 0.05) is 31.3 Å². The standard InChI is InChI=1S/C18H27FN2OS/c1-12(2)10-23-11-13(3)20-16-9-17(22)21(4)18(16)14-5-7-15(19)8-6-14/h5-8,12-13,16,18,20H,9-11H2,1-4H3/t13-,16+,18-/m0/s1. The monoisotopic (exact) mass is 338 g/mol. The summed E-state index contributed by atoms with van der Waals surface area (Å²) in [5.41, 5.74) is 0.985. The molecule has 1 heterocycles. The van der Waals surface area contributed by atoms with Crippen LogP contribution in [0.3, 0.4) is 0 Å². The summed E-state index contributed by atoms with van der Waals surface area (Å²) in [6.45, 7) is 6.61. The summed E-state index contributed by atoms with van der Waals surface area (Å²) in [6.07, 6.45) is 0.498. The van der Waals surface area contributed by atoms with Gasteiger partial charge in [0.05, 0.1) is 6.04 Å². The van der Waals surface area contributed by atoms with Gasteiger partial charge >= 0.3 is 0 Å². The van der Waals surface area contributed by atoms with Gasteiger partial charge in [-0.1, -0.05) is 26.0 Å². The van der Waals surface area contributed by atoms with Crippen LogP contribution in [0, 0.1) is 11.7 Å². The average Bonchev–Trinajstić information content (AvgIpc) is 2.74. The molecule has 5 heteroatoms. The van der Waals surface area contributed by atoms with E-state index in [9.17, 15) is 9.18 Å². The van der Waals surface area contributed by atoms with Crippen LogP contribution in [-0.2, 0) is 4.79 Å². The fourth-order valence-electron chi connectivity index (χ4n) is 3.03. The van der Waals surface area contributed by atoms with Crippen molar-refractivity contribution in [3.05, 3.63) is 35.6 Å². The van der Waals surface area contributed by atoms with Gasteiger partial charge in [-0.25, -0.2) is 4.39 Å². The molecule has 1 aromatic carbocycles. The number of nitrogens with one attached hydrogen (secondary N) is 1. The molecule has 3 atom stereocenters. The molecule has 128 valence electrons. The maximum absolute atomic E-state index is 13.2. The molecule has 1 aromatic rings. The first-order valence-electron chi connectivity index (χ1n) is 8.23. The number of hydrogen-bond acceptors (Lipinski definition) is 3. The van der Waals surface area contributed by atoms with Crippen LogP contribution in [0.5, 0.6) is 0 Å². The zero-order valence-electron chi connectivity index (χ0n) is 14.4. The van der Waals surface area contributed by atoms with Gasteiger partial charge in [0.15, 0.2) is 0 Å². The van der Waals surface area contributed by atoms with Gasteiger partial charge in [-0.3, -0.25) is 4.79 Å². The number of carbonyl (C=O) groups excluding carboxylic acids is 1. The molecule has 0 aromatic heterocycles. The van der Waals surface area contributed by atoms with Crippen molar-refractivity contribution in [3.63, 3.8) is 0 Å². The third kappa shape index (κ3) is 4.95. The maximum atomic E-state index is 13.2. The zero-order valence-corrected chi connectivity index (χ0v) is 15.2. The topological polar surface area (TPSA) is 32.3 Å². The number of likely N-dealkylation sites (tertiary alicyclic amines) is 1. The van der Waals surface area contributed by atoms with E-state index in [4.69, 9.17) is 0 Å². The molecule has 3 nitrogen and oxygen atoms in total. The highest BCUT2D eigenvalue weighted by molar-refractivity contribution is 7.99. The minimum absolute atomic E-state index is 0.0272. The van der Waals surface area contributed by atoms with Gasteiger partial charge in [-0.15, -0.1) is 0 Å². The molecule has 0 radical (unpaired) electrons. The van der Waals surface area contributed by atoms with Gasteiger partial charge in [0.2, 0.25) is 5.91 Å². The third-order valence-electron chi connectivity index (χ3n) is 4.12. The van der Waals surface area contributed by atoms with Crippen LogP contribution in [0.25, 0.3) is 0 Å². The van der Waals surface area contributed by atoms with Crippen LogP contribution in [-0.4, -0.2) is 41.4 Å². The summed E-state index contributed by atoms with van der Waals surface area (Å²) >= 11 is 1.94. The maximum Gasteiger partial charge on any atom is 0.224 e. The van der Waals surface area contributed by atoms with E-state index < -0.39 is 0 Å². The molecular formula is C18H27FN2OS. The first-order chi connectivity index (χ1) is 10.9. The molecule has 1 aliphatic heterocycles. The van der Waals surface area contributed by atoms with Crippen LogP contribution in [0.15, 0.2) is 24.3 Å². The molecule has 0 bridgehead atoms. The Morgan fingerprint density at radius 3 is 2.52 bits per heavy atom. The van der Waals surface area contributed by atoms with Crippen molar-refractivity contribution < 1.29 is 9.18 Å². The van der Waals surface area contributed by atoms with E-state index >= 15 is 0 Å². The molecule has 0 spiro atoms. The SMILES string of the molecule is CC(C)CSC[C@H](C)N[C@@H]1CC(=O)N(C)[C@H]1c1ccc(F)cc1. The molecular weight excluding hydrogens is 311 g/mol. The van der Waals surface area contributed by atoms with Crippen LogP contribution in [0.2, 0.25) is 0 Å². The lowest BCUT2D eigenvalue weighted by molar-refractivity contribution is -0.127. The Morgan fingerprint density at radius 1 is 1.26 bits per heavy atom. The van der Waals surface area contributed by atoms with E-state index in [1.165, 1.54) is 12.1 Å². The summed E-state index contributed by atoms with van der Waals surface area (Å²) < 4.78 is 13.2. The highest BCUT2D eigenvalue weighted by Gasteiger charge is 2.38. The lowest BCUT2D eigenvalue weighted by Gasteiger charge is -2.28. The molecule has 1 aliphatic rings. The lowest BCUT2D eigenvalue weighted by Crippen LogP contribution is -2.41. The Kier molecular flexibility index (Phi) is 6.48. The normalized spacial score (nSPS) is 22.9. The van der Waals surface area contributed by atoms with E-state index in [0.29, 0.717) is 18.4 Å². The van der Waals surface area contributed by atoms with Crippen molar-refractivity contribution in [1.82, 2.24) is 10.2 Å². The molecule has 1 fully saturated rings. The van der Waals surface area contributed by atoms with Crippen LogP contribution in [0.1, 0.15) is 38.8 Å². The number of rotatable bonds is 7. The number of thioether (sulfide) groups is 1. The second-order valence-electron chi connectivity index (χ2n) is 6.81. The molecule has 0 unspecified atom stereocenters. The minimum Gasteiger partial charge on any atom is -0.337 e. The summed E-state index contributed by atoms with van der Waals surface area (Å²) in [5, 5.41) is 3.60. The Bertz CT molecular complexity index is 520. The Hall–Kier alpha value is -1.07. The molecule has 1 amide bonds. The fourth-order valence-corrected chi connectivity index (χ4v) is 4.09. The van der Waals surface area contributed by atoms with Gasteiger partial charge < -0.3 is 10.2 Å². The van der Waals surface area contributed by atoms with Gasteiger partial charge in [-0.2, -0.15) is 11.8 Å². The first kappa shape index (κ1) is 18.3. The van der Waals surface area contributed by atoms with Crippen molar-refractivity contribution in [3.8, 4) is 0 Å². The van der Waals surface area contributed by atoms with E-state index in [0.717, 1.165) is 17.1 Å². The number of benzene rings is 1. The molecule has 0 saturated carbocycles. The molecule has 1 saturated heterocycles. The smallest absolute Gasteiger partial charge is 0.224 e. The molecule has 1 N–H and O–H groups in total. The lowest BCUT2D eigenvalue weighted by atomic mass is 9.99. The average molecular weight is 338 g/mol. The molecule has 2 rings (SSSR count). The fraction of sp³-hybridized carbons (Fsp3) is 0.611. The predicted octanol–water partition coefficient (Wildman–Crippen LogP) is 3.46. The Morgan fingerprint density at radius 2 is 1.91 bits per heavy atom. The number of amides is 1. The predicted molar refractivity (Wildman–Crippen MR) is 95.1 cm³/mol. The van der Waals surface area contributed by atoms with Crippen molar-refractivity contribution >= 4 is 17.7 Å². The van der Waals surface area contributed by atoms with Gasteiger partial charge in [-0.05, 0) is 36.3 Å². The Labute approximate surface area is 143 Å². The van der Waals surface area contributed by atoms with Crippen LogP contribution >= 0.6 is 11.8 Å². The second-order valence-corrected chi connectivity index (χ2v) is 7.89. The zero-order chi connectivity index (χ0) is 17.0. The number of nitrogens with zero attached hydrogens (tertiary/aromatic N) is 1. The van der Waals surface area contributed by atoms with E-state index in [1.54, 1.807) is 17.0 Å². The van der Waals surface area contributed by atoms with Gasteiger partial charge in [0.25, 0.3) is 0 Å². The van der Waals surface area contributed by atoms with E-state index in [1.807, 2.05) is 18.8 Å². The minimum atomic E-state index is -0.247. The van der Waals surface area contributed by atoms with Gasteiger partial charge in [0.1, 0.15) is 5.82 Å². The molecule has 0 aliphatic carbocycles. The number of carbonyl (C=O) groups is 1.